The lowest BCUT2D eigenvalue weighted by atomic mass is 9.61. The normalized spacial score (nSPS) is 17.2. The first-order valence-corrected chi connectivity index (χ1v) is 14.0. The first kappa shape index (κ1) is 29.0. The third-order valence-corrected chi connectivity index (χ3v) is 8.22. The van der Waals surface area contributed by atoms with Crippen molar-refractivity contribution in [3.63, 3.8) is 0 Å². The van der Waals surface area contributed by atoms with E-state index in [1.54, 1.807) is 11.1 Å². The lowest BCUT2D eigenvalue weighted by molar-refractivity contribution is -0.0347. The van der Waals surface area contributed by atoms with Crippen molar-refractivity contribution >= 4 is 24.0 Å². The number of fused-ring (bicyclic) bond motifs is 1. The van der Waals surface area contributed by atoms with Crippen LogP contribution in [0.15, 0.2) is 42.7 Å². The van der Waals surface area contributed by atoms with Crippen molar-refractivity contribution in [3.8, 4) is 17.4 Å². The van der Waals surface area contributed by atoms with E-state index < -0.39 is 5.82 Å². The number of amides is 1. The molecule has 2 aromatic heterocycles. The van der Waals surface area contributed by atoms with Crippen molar-refractivity contribution in [2.24, 2.45) is 5.41 Å². The van der Waals surface area contributed by atoms with E-state index >= 15 is 0 Å². The summed E-state index contributed by atoms with van der Waals surface area (Å²) in [6.07, 6.45) is 6.58. The average Bonchev–Trinajstić information content (AvgIpc) is 2.91. The summed E-state index contributed by atoms with van der Waals surface area (Å²) < 4.78 is 26.7. The van der Waals surface area contributed by atoms with Crippen LogP contribution in [0.1, 0.15) is 55.2 Å². The third-order valence-electron chi connectivity index (χ3n) is 8.22. The van der Waals surface area contributed by atoms with Crippen LogP contribution in [0.4, 0.5) is 10.1 Å². The number of carbonyl (C=O) groups excluding carboxylic acids is 1. The monoisotopic (exact) mass is 582 g/mol. The zero-order valence-corrected chi connectivity index (χ0v) is 24.4. The second-order valence-corrected chi connectivity index (χ2v) is 11.3. The first-order chi connectivity index (χ1) is 19.4. The standard InChI is InChI=1S/C30H35FN6O3.ClH/c1-4-37(19(2)3)29(38)22-13-20(31)5-6-26(22)40-28-25(8-12-34-35-28)36-17-30(18-36)14-21(15-30)39-27-9-11-33-24-7-10-32-16-23(24)27;/h5-6,8-9,11-13,19,21,32H,4,7,10,14-18H2,1-3H3;1H. The van der Waals surface area contributed by atoms with Gasteiger partial charge in [-0.25, -0.2) is 4.39 Å². The van der Waals surface area contributed by atoms with Gasteiger partial charge in [-0.2, -0.15) is 5.10 Å². The van der Waals surface area contributed by atoms with Gasteiger partial charge in [0.1, 0.15) is 29.1 Å². The summed E-state index contributed by atoms with van der Waals surface area (Å²) in [6.45, 7) is 9.74. The van der Waals surface area contributed by atoms with E-state index in [9.17, 15) is 9.18 Å². The maximum absolute atomic E-state index is 14.2. The SMILES string of the molecule is CCN(C(=O)c1cc(F)ccc1Oc1nnccc1N1CC2(CC(Oc3ccnc4c3CNCC4)C2)C1)C(C)C.Cl. The molecule has 9 nitrogen and oxygen atoms in total. The first-order valence-electron chi connectivity index (χ1n) is 14.0. The van der Waals surface area contributed by atoms with Crippen LogP contribution in [0.3, 0.4) is 0 Å². The Balaban J connectivity index is 0.00000337. The number of rotatable bonds is 8. The molecule has 11 heteroatoms. The fourth-order valence-electron chi connectivity index (χ4n) is 6.20. The zero-order valence-electron chi connectivity index (χ0n) is 23.6. The number of halogens is 2. The molecule has 1 amide bonds. The lowest BCUT2D eigenvalue weighted by Crippen LogP contribution is -2.65. The molecule has 3 aromatic rings. The number of hydrogen-bond donors (Lipinski definition) is 1. The van der Waals surface area contributed by atoms with Crippen LogP contribution in [0, 0.1) is 11.2 Å². The highest BCUT2D eigenvalue weighted by molar-refractivity contribution is 5.97. The lowest BCUT2D eigenvalue weighted by Gasteiger charge is -2.59. The van der Waals surface area contributed by atoms with Crippen LogP contribution in [-0.2, 0) is 13.0 Å². The fraction of sp³-hybridized carbons (Fsp3) is 0.467. The number of hydrogen-bond acceptors (Lipinski definition) is 8. The van der Waals surface area contributed by atoms with Gasteiger partial charge in [-0.1, -0.05) is 0 Å². The molecule has 0 bridgehead atoms. The highest BCUT2D eigenvalue weighted by Gasteiger charge is 2.54. The van der Waals surface area contributed by atoms with E-state index in [0.717, 1.165) is 62.6 Å². The molecule has 1 saturated carbocycles. The molecule has 0 atom stereocenters. The topological polar surface area (TPSA) is 92.7 Å². The number of ether oxygens (including phenoxy) is 2. The van der Waals surface area contributed by atoms with Gasteiger partial charge in [0.2, 0.25) is 0 Å². The molecule has 41 heavy (non-hydrogen) atoms. The van der Waals surface area contributed by atoms with Gasteiger partial charge < -0.3 is 24.6 Å². The highest BCUT2D eigenvalue weighted by Crippen LogP contribution is 2.52. The number of anilines is 1. The molecule has 218 valence electrons. The molecular formula is C30H36ClFN6O3. The number of nitrogens with one attached hydrogen (secondary N) is 1. The van der Waals surface area contributed by atoms with E-state index in [0.29, 0.717) is 12.4 Å². The Morgan fingerprint density at radius 2 is 2.00 bits per heavy atom. The van der Waals surface area contributed by atoms with Crippen molar-refractivity contribution in [1.82, 2.24) is 25.4 Å². The van der Waals surface area contributed by atoms with Crippen molar-refractivity contribution in [2.45, 2.75) is 58.7 Å². The van der Waals surface area contributed by atoms with Crippen LogP contribution in [-0.4, -0.2) is 64.3 Å². The van der Waals surface area contributed by atoms with Gasteiger partial charge in [-0.3, -0.25) is 9.78 Å². The predicted molar refractivity (Wildman–Crippen MR) is 156 cm³/mol. The Morgan fingerprint density at radius 3 is 2.76 bits per heavy atom. The predicted octanol–water partition coefficient (Wildman–Crippen LogP) is 4.79. The molecule has 6 rings (SSSR count). The number of carbonyl (C=O) groups is 1. The van der Waals surface area contributed by atoms with Gasteiger partial charge >= 0.3 is 0 Å². The van der Waals surface area contributed by atoms with Gasteiger partial charge in [0, 0.05) is 68.1 Å². The number of aromatic nitrogens is 3. The number of nitrogens with zero attached hydrogens (tertiary/aromatic N) is 5. The van der Waals surface area contributed by atoms with Crippen molar-refractivity contribution in [3.05, 3.63) is 65.4 Å². The molecule has 1 saturated heterocycles. The van der Waals surface area contributed by atoms with Crippen molar-refractivity contribution in [2.75, 3.05) is 31.1 Å². The Hall–Kier alpha value is -3.50. The van der Waals surface area contributed by atoms with Crippen molar-refractivity contribution < 1.29 is 18.7 Å². The Kier molecular flexibility index (Phi) is 8.33. The zero-order chi connectivity index (χ0) is 27.9. The summed E-state index contributed by atoms with van der Waals surface area (Å²) in [4.78, 5) is 21.7. The van der Waals surface area contributed by atoms with E-state index in [1.165, 1.54) is 23.8 Å². The third kappa shape index (κ3) is 5.67. The van der Waals surface area contributed by atoms with Crippen LogP contribution in [0.2, 0.25) is 0 Å². The molecule has 4 heterocycles. The van der Waals surface area contributed by atoms with E-state index in [2.05, 4.69) is 25.4 Å². The van der Waals surface area contributed by atoms with Gasteiger partial charge in [0.05, 0.1) is 11.8 Å². The summed E-state index contributed by atoms with van der Waals surface area (Å²) >= 11 is 0. The Labute approximate surface area is 245 Å². The van der Waals surface area contributed by atoms with E-state index in [1.807, 2.05) is 39.1 Å². The number of pyridine rings is 1. The minimum absolute atomic E-state index is 0. The summed E-state index contributed by atoms with van der Waals surface area (Å²) in [6, 6.07) is 7.81. The van der Waals surface area contributed by atoms with Crippen molar-refractivity contribution in [1.29, 1.82) is 0 Å². The highest BCUT2D eigenvalue weighted by atomic mass is 35.5. The smallest absolute Gasteiger partial charge is 0.262 e. The molecule has 0 radical (unpaired) electrons. The number of benzene rings is 1. The molecule has 1 spiro atoms. The van der Waals surface area contributed by atoms with Gasteiger partial charge in [-0.15, -0.1) is 17.5 Å². The average molecular weight is 583 g/mol. The minimum Gasteiger partial charge on any atom is -0.490 e. The quantitative estimate of drug-likeness (QED) is 0.405. The minimum atomic E-state index is -0.496. The molecule has 2 aliphatic heterocycles. The maximum Gasteiger partial charge on any atom is 0.262 e. The summed E-state index contributed by atoms with van der Waals surface area (Å²) in [5.74, 6) is 0.728. The van der Waals surface area contributed by atoms with E-state index in [4.69, 9.17) is 9.47 Å². The largest absolute Gasteiger partial charge is 0.490 e. The van der Waals surface area contributed by atoms with E-state index in [-0.39, 0.29) is 47.2 Å². The Morgan fingerprint density at radius 1 is 1.20 bits per heavy atom. The van der Waals surface area contributed by atoms with Gasteiger partial charge in [-0.05, 0) is 63.9 Å². The Bertz CT molecular complexity index is 1410. The molecule has 0 unspecified atom stereocenters. The molecule has 1 aliphatic carbocycles. The van der Waals surface area contributed by atoms with Crippen LogP contribution in [0.5, 0.6) is 17.4 Å². The summed E-state index contributed by atoms with van der Waals surface area (Å²) in [5.41, 5.74) is 3.49. The molecular weight excluding hydrogens is 547 g/mol. The maximum atomic E-state index is 14.2. The van der Waals surface area contributed by atoms with Crippen LogP contribution < -0.4 is 19.7 Å². The van der Waals surface area contributed by atoms with Gasteiger partial charge in [0.15, 0.2) is 0 Å². The van der Waals surface area contributed by atoms with Gasteiger partial charge in [0.25, 0.3) is 11.8 Å². The summed E-state index contributed by atoms with van der Waals surface area (Å²) in [7, 11) is 0. The second-order valence-electron chi connectivity index (χ2n) is 11.3. The molecule has 1 aromatic carbocycles. The molecule has 1 N–H and O–H groups in total. The second kappa shape index (κ2) is 11.8. The summed E-state index contributed by atoms with van der Waals surface area (Å²) in [5, 5.41) is 11.7. The fourth-order valence-corrected chi connectivity index (χ4v) is 6.20. The molecule has 3 aliphatic rings. The van der Waals surface area contributed by atoms with Crippen LogP contribution in [0.25, 0.3) is 0 Å². The van der Waals surface area contributed by atoms with Crippen LogP contribution >= 0.6 is 12.4 Å². The molecule has 2 fully saturated rings.